The molecular formula is C20H22ClFN4O5. The van der Waals surface area contributed by atoms with Crippen LogP contribution in [-0.2, 0) is 25.5 Å². The van der Waals surface area contributed by atoms with Crippen LogP contribution in [0.1, 0.15) is 35.8 Å². The van der Waals surface area contributed by atoms with Crippen molar-refractivity contribution in [1.29, 1.82) is 0 Å². The first-order chi connectivity index (χ1) is 14.8. The van der Waals surface area contributed by atoms with Gasteiger partial charge >= 0.3 is 18.0 Å². The lowest BCUT2D eigenvalue weighted by Crippen LogP contribution is -2.51. The van der Waals surface area contributed by atoms with Gasteiger partial charge in [-0.1, -0.05) is 11.6 Å². The van der Waals surface area contributed by atoms with E-state index in [0.717, 1.165) is 5.69 Å². The third kappa shape index (κ3) is 4.96. The van der Waals surface area contributed by atoms with Crippen LogP contribution in [0.15, 0.2) is 24.5 Å². The van der Waals surface area contributed by atoms with Crippen molar-refractivity contribution in [1.82, 2.24) is 20.2 Å². The van der Waals surface area contributed by atoms with Gasteiger partial charge in [-0.25, -0.2) is 19.0 Å². The molecule has 1 aromatic heterocycles. The van der Waals surface area contributed by atoms with E-state index < -0.39 is 35.9 Å². The smallest absolute Gasteiger partial charge is 0.328 e. The Labute approximate surface area is 182 Å². The molecule has 166 valence electrons. The number of ether oxygens (including phenoxy) is 2. The van der Waals surface area contributed by atoms with E-state index in [-0.39, 0.29) is 24.9 Å². The molecule has 2 atom stereocenters. The van der Waals surface area contributed by atoms with Crippen molar-refractivity contribution in [2.75, 3.05) is 20.8 Å². The highest BCUT2D eigenvalue weighted by Crippen LogP contribution is 2.35. The van der Waals surface area contributed by atoms with Crippen LogP contribution in [0.2, 0.25) is 5.02 Å². The van der Waals surface area contributed by atoms with Crippen molar-refractivity contribution >= 4 is 29.6 Å². The number of aromatic nitrogens is 2. The van der Waals surface area contributed by atoms with Crippen LogP contribution in [0, 0.1) is 5.82 Å². The molecule has 2 N–H and O–H groups in total. The minimum absolute atomic E-state index is 0.0111. The molecule has 2 unspecified atom stereocenters. The summed E-state index contributed by atoms with van der Waals surface area (Å²) in [5, 5.41) is 2.90. The Hall–Kier alpha value is -3.14. The van der Waals surface area contributed by atoms with E-state index in [1.807, 2.05) is 0 Å². The summed E-state index contributed by atoms with van der Waals surface area (Å²) in [6.07, 6.45) is 1.84. The maximum Gasteiger partial charge on any atom is 0.328 e. The van der Waals surface area contributed by atoms with E-state index in [4.69, 9.17) is 16.3 Å². The topological polar surface area (TPSA) is 114 Å². The molecular weight excluding hydrogens is 431 g/mol. The third-order valence-electron chi connectivity index (χ3n) is 5.09. The van der Waals surface area contributed by atoms with Gasteiger partial charge in [0, 0.05) is 35.7 Å². The van der Waals surface area contributed by atoms with Crippen LogP contribution in [-0.4, -0.2) is 59.6 Å². The van der Waals surface area contributed by atoms with Gasteiger partial charge in [-0.3, -0.25) is 4.79 Å². The van der Waals surface area contributed by atoms with Crippen LogP contribution in [0.5, 0.6) is 0 Å². The van der Waals surface area contributed by atoms with Crippen LogP contribution in [0.25, 0.3) is 0 Å². The molecule has 0 fully saturated rings. The van der Waals surface area contributed by atoms with Crippen LogP contribution < -0.4 is 5.32 Å². The third-order valence-corrected chi connectivity index (χ3v) is 5.32. The normalized spacial score (nSPS) is 16.3. The fourth-order valence-electron chi connectivity index (χ4n) is 3.52. The van der Waals surface area contributed by atoms with Gasteiger partial charge in [0.05, 0.1) is 26.2 Å². The molecule has 2 heterocycles. The number of aromatic amines is 1. The Morgan fingerprint density at radius 3 is 2.84 bits per heavy atom. The van der Waals surface area contributed by atoms with Crippen molar-refractivity contribution in [2.45, 2.75) is 31.3 Å². The van der Waals surface area contributed by atoms with Gasteiger partial charge in [-0.05, 0) is 24.6 Å². The van der Waals surface area contributed by atoms with Crippen molar-refractivity contribution in [3.8, 4) is 0 Å². The van der Waals surface area contributed by atoms with Crippen LogP contribution >= 0.6 is 11.6 Å². The second-order valence-electron chi connectivity index (χ2n) is 6.92. The molecule has 31 heavy (non-hydrogen) atoms. The predicted octanol–water partition coefficient (Wildman–Crippen LogP) is 2.35. The Morgan fingerprint density at radius 1 is 1.35 bits per heavy atom. The minimum atomic E-state index is -1.08. The van der Waals surface area contributed by atoms with Crippen molar-refractivity contribution < 1.29 is 28.2 Å². The molecule has 0 saturated heterocycles. The van der Waals surface area contributed by atoms with Gasteiger partial charge in [0.15, 0.2) is 0 Å². The summed E-state index contributed by atoms with van der Waals surface area (Å²) in [4.78, 5) is 45.4. The number of halogens is 2. The molecule has 0 saturated carbocycles. The minimum Gasteiger partial charge on any atom is -0.469 e. The number of urea groups is 1. The van der Waals surface area contributed by atoms with Crippen molar-refractivity contribution in [3.63, 3.8) is 0 Å². The van der Waals surface area contributed by atoms with E-state index in [1.165, 1.54) is 43.6 Å². The number of esters is 2. The van der Waals surface area contributed by atoms with E-state index in [1.54, 1.807) is 0 Å². The number of nitrogens with zero attached hydrogens (tertiary/aromatic N) is 2. The standard InChI is InChI=1S/C20H22ClFN4O5/c1-30-16(27)6-5-15(19(28)31-2)25-20(29)26-8-7-14-17(24-10-23-14)18(26)12-9-11(21)3-4-13(12)22/h3-4,9-10,15,18H,5-8H2,1-2H3,(H,23,24)(H,25,29). The highest BCUT2D eigenvalue weighted by Gasteiger charge is 2.37. The number of rotatable bonds is 6. The molecule has 0 bridgehead atoms. The lowest BCUT2D eigenvalue weighted by Gasteiger charge is -2.36. The number of hydrogen-bond donors (Lipinski definition) is 2. The second-order valence-corrected chi connectivity index (χ2v) is 7.35. The molecule has 11 heteroatoms. The largest absolute Gasteiger partial charge is 0.469 e. The first kappa shape index (κ1) is 22.5. The van der Waals surface area contributed by atoms with E-state index in [9.17, 15) is 18.8 Å². The number of hydrogen-bond acceptors (Lipinski definition) is 6. The number of carbonyl (C=O) groups excluding carboxylic acids is 3. The Kier molecular flexibility index (Phi) is 7.11. The SMILES string of the molecule is COC(=O)CCC(NC(=O)N1CCc2[nH]cnc2C1c1cc(Cl)ccc1F)C(=O)OC. The van der Waals surface area contributed by atoms with E-state index in [2.05, 4.69) is 20.0 Å². The zero-order valence-electron chi connectivity index (χ0n) is 17.0. The number of methoxy groups -OCH3 is 2. The fraction of sp³-hybridized carbons (Fsp3) is 0.400. The molecule has 2 amide bonds. The van der Waals surface area contributed by atoms with Gasteiger partial charge in [0.2, 0.25) is 0 Å². The second kappa shape index (κ2) is 9.78. The number of amides is 2. The number of H-pyrrole nitrogens is 1. The van der Waals surface area contributed by atoms with Gasteiger partial charge in [0.25, 0.3) is 0 Å². The van der Waals surface area contributed by atoms with Crippen LogP contribution in [0.4, 0.5) is 9.18 Å². The summed E-state index contributed by atoms with van der Waals surface area (Å²) in [6.45, 7) is 0.239. The highest BCUT2D eigenvalue weighted by atomic mass is 35.5. The van der Waals surface area contributed by atoms with Crippen LogP contribution in [0.3, 0.4) is 0 Å². The molecule has 0 spiro atoms. The molecule has 2 aromatic rings. The molecule has 1 aliphatic heterocycles. The predicted molar refractivity (Wildman–Crippen MR) is 108 cm³/mol. The highest BCUT2D eigenvalue weighted by molar-refractivity contribution is 6.30. The van der Waals surface area contributed by atoms with Gasteiger partial charge < -0.3 is 24.7 Å². The quantitative estimate of drug-likeness (QED) is 0.650. The Morgan fingerprint density at radius 2 is 2.13 bits per heavy atom. The Bertz CT molecular complexity index is 982. The molecule has 9 nitrogen and oxygen atoms in total. The molecule has 1 aromatic carbocycles. The first-order valence-electron chi connectivity index (χ1n) is 9.54. The lowest BCUT2D eigenvalue weighted by molar-refractivity contribution is -0.144. The maximum atomic E-state index is 14.7. The number of imidazole rings is 1. The van der Waals surface area contributed by atoms with E-state index in [0.29, 0.717) is 17.1 Å². The first-order valence-corrected chi connectivity index (χ1v) is 9.92. The fourth-order valence-corrected chi connectivity index (χ4v) is 3.70. The van der Waals surface area contributed by atoms with Gasteiger partial charge in [-0.2, -0.15) is 0 Å². The lowest BCUT2D eigenvalue weighted by atomic mass is 9.95. The number of carbonyl (C=O) groups is 3. The summed E-state index contributed by atoms with van der Waals surface area (Å²) in [5.74, 6) is -1.78. The zero-order chi connectivity index (χ0) is 22.5. The molecule has 1 aliphatic rings. The summed E-state index contributed by atoms with van der Waals surface area (Å²) in [7, 11) is 2.41. The summed E-state index contributed by atoms with van der Waals surface area (Å²) in [6, 6.07) is 1.52. The Balaban J connectivity index is 1.89. The average Bonchev–Trinajstić information content (AvgIpc) is 3.25. The van der Waals surface area contributed by atoms with E-state index >= 15 is 0 Å². The van der Waals surface area contributed by atoms with Crippen molar-refractivity contribution in [2.24, 2.45) is 0 Å². The molecule has 0 radical (unpaired) electrons. The van der Waals surface area contributed by atoms with Gasteiger partial charge in [-0.15, -0.1) is 0 Å². The summed E-state index contributed by atoms with van der Waals surface area (Å²) >= 11 is 6.07. The zero-order valence-corrected chi connectivity index (χ0v) is 17.7. The average molecular weight is 453 g/mol. The monoisotopic (exact) mass is 452 g/mol. The van der Waals surface area contributed by atoms with Crippen molar-refractivity contribution in [3.05, 3.63) is 52.3 Å². The van der Waals surface area contributed by atoms with Gasteiger partial charge in [0.1, 0.15) is 17.9 Å². The number of nitrogens with one attached hydrogen (secondary N) is 2. The number of fused-ring (bicyclic) bond motifs is 1. The molecule has 0 aliphatic carbocycles. The summed E-state index contributed by atoms with van der Waals surface area (Å²) in [5.41, 5.74) is 1.45. The molecule has 3 rings (SSSR count). The summed E-state index contributed by atoms with van der Waals surface area (Å²) < 4.78 is 24.0. The maximum absolute atomic E-state index is 14.7. The number of benzene rings is 1.